The van der Waals surface area contributed by atoms with Gasteiger partial charge in [-0.2, -0.15) is 0 Å². The highest BCUT2D eigenvalue weighted by molar-refractivity contribution is 7.47. The molecule has 0 aromatic carbocycles. The molecule has 0 aliphatic rings. The standard InChI is InChI=1S/C77H150O17P2/c1-7-9-11-13-14-15-16-17-18-19-20-21-22-23-24-25-30-33-38-43-49-55-61-76(81)94-73(66-88-75(80)60-54-48-42-37-32-29-27-26-28-31-35-40-46-51-57-69(3)4)68-92-96(85,86)90-64-71(78)63-89-95(83,84)91-67-72(65-87-74(79)59-53-45-12-10-8-2)93-77(82)62-56-50-44-39-34-36-41-47-52-58-70(5)6/h69-73,78H,7-68H2,1-6H3,(H,83,84)(H,85,86)/t71-,72+,73+/m0/s1. The number of unbranched alkanes of at least 4 members (excludes halogenated alkanes) is 46. The van der Waals surface area contributed by atoms with Gasteiger partial charge in [0.2, 0.25) is 0 Å². The molecule has 0 heterocycles. The SMILES string of the molecule is CCCCCCCCCCCCCCCCCCCCCCCCC(=O)O[C@H](COC(=O)CCCCCCCCCCCCCCCCC(C)C)COP(=O)(O)OC[C@@H](O)COP(=O)(O)OC[C@@H](COC(=O)CCCCCCC)OC(=O)CCCCCCCCCCCC(C)C. The van der Waals surface area contributed by atoms with E-state index in [9.17, 15) is 43.2 Å². The van der Waals surface area contributed by atoms with Crippen LogP contribution in [0, 0.1) is 11.8 Å². The molecule has 0 bridgehead atoms. The number of hydrogen-bond donors (Lipinski definition) is 3. The summed E-state index contributed by atoms with van der Waals surface area (Å²) in [5, 5.41) is 10.6. The third kappa shape index (κ3) is 70.5. The highest BCUT2D eigenvalue weighted by Crippen LogP contribution is 2.45. The largest absolute Gasteiger partial charge is 0.472 e. The first-order chi connectivity index (χ1) is 46.4. The Balaban J connectivity index is 5.11. The second-order valence-corrected chi connectivity index (χ2v) is 31.6. The van der Waals surface area contributed by atoms with E-state index in [0.29, 0.717) is 25.7 Å². The molecule has 0 aliphatic carbocycles. The Bertz CT molecular complexity index is 1860. The summed E-state index contributed by atoms with van der Waals surface area (Å²) < 4.78 is 68.3. The zero-order valence-electron chi connectivity index (χ0n) is 62.7. The molecule has 0 fully saturated rings. The van der Waals surface area contributed by atoms with Gasteiger partial charge < -0.3 is 33.8 Å². The maximum absolute atomic E-state index is 13.1. The van der Waals surface area contributed by atoms with E-state index < -0.39 is 97.5 Å². The van der Waals surface area contributed by atoms with Gasteiger partial charge in [-0.1, -0.05) is 350 Å². The van der Waals surface area contributed by atoms with E-state index in [1.807, 2.05) is 0 Å². The maximum atomic E-state index is 13.1. The number of ether oxygens (including phenoxy) is 4. The second kappa shape index (κ2) is 68.8. The summed E-state index contributed by atoms with van der Waals surface area (Å²) in [7, 11) is -9.90. The number of esters is 4. The Hall–Kier alpha value is -1.94. The molecule has 3 N–H and O–H groups in total. The van der Waals surface area contributed by atoms with Gasteiger partial charge >= 0.3 is 39.5 Å². The normalized spacial score (nSPS) is 14.0. The lowest BCUT2D eigenvalue weighted by Crippen LogP contribution is -2.30. The first kappa shape index (κ1) is 94.1. The van der Waals surface area contributed by atoms with Crippen LogP contribution >= 0.6 is 15.6 Å². The molecule has 0 rings (SSSR count). The van der Waals surface area contributed by atoms with Crippen molar-refractivity contribution in [1.29, 1.82) is 0 Å². The molecule has 0 aliphatic heterocycles. The van der Waals surface area contributed by atoms with Crippen molar-refractivity contribution in [1.82, 2.24) is 0 Å². The van der Waals surface area contributed by atoms with E-state index in [1.165, 1.54) is 212 Å². The first-order valence-electron chi connectivity index (χ1n) is 40.0. The Morgan fingerprint density at radius 2 is 0.479 bits per heavy atom. The zero-order valence-corrected chi connectivity index (χ0v) is 64.5. The molecule has 2 unspecified atom stereocenters. The third-order valence-corrected chi connectivity index (χ3v) is 19.9. The van der Waals surface area contributed by atoms with Crippen LogP contribution in [0.3, 0.4) is 0 Å². The minimum absolute atomic E-state index is 0.105. The summed E-state index contributed by atoms with van der Waals surface area (Å²) in [4.78, 5) is 72.5. The molecule has 0 saturated heterocycles. The van der Waals surface area contributed by atoms with Gasteiger partial charge in [0, 0.05) is 25.7 Å². The van der Waals surface area contributed by atoms with Crippen molar-refractivity contribution in [3.05, 3.63) is 0 Å². The van der Waals surface area contributed by atoms with Crippen LogP contribution < -0.4 is 0 Å². The number of phosphoric ester groups is 2. The lowest BCUT2D eigenvalue weighted by Gasteiger charge is -2.21. The molecule has 17 nitrogen and oxygen atoms in total. The van der Waals surface area contributed by atoms with Crippen molar-refractivity contribution in [3.63, 3.8) is 0 Å². The van der Waals surface area contributed by atoms with E-state index >= 15 is 0 Å². The first-order valence-corrected chi connectivity index (χ1v) is 43.0. The fourth-order valence-corrected chi connectivity index (χ4v) is 13.4. The predicted molar refractivity (Wildman–Crippen MR) is 391 cm³/mol. The Labute approximate surface area is 588 Å². The molecule has 0 radical (unpaired) electrons. The lowest BCUT2D eigenvalue weighted by atomic mass is 10.0. The minimum Gasteiger partial charge on any atom is -0.462 e. The Morgan fingerprint density at radius 1 is 0.281 bits per heavy atom. The van der Waals surface area contributed by atoms with E-state index in [0.717, 1.165) is 108 Å². The molecule has 0 aromatic rings. The van der Waals surface area contributed by atoms with Crippen molar-refractivity contribution in [2.24, 2.45) is 11.8 Å². The molecular weight excluding hydrogens is 1260 g/mol. The van der Waals surface area contributed by atoms with E-state index in [-0.39, 0.29) is 25.7 Å². The van der Waals surface area contributed by atoms with Gasteiger partial charge in [0.25, 0.3) is 0 Å². The molecule has 19 heteroatoms. The molecule has 5 atom stereocenters. The van der Waals surface area contributed by atoms with Crippen molar-refractivity contribution in [3.8, 4) is 0 Å². The average molecular weight is 1410 g/mol. The number of aliphatic hydroxyl groups excluding tert-OH is 1. The van der Waals surface area contributed by atoms with Gasteiger partial charge in [-0.3, -0.25) is 37.3 Å². The van der Waals surface area contributed by atoms with Crippen LogP contribution in [-0.2, 0) is 65.4 Å². The lowest BCUT2D eigenvalue weighted by molar-refractivity contribution is -0.161. The van der Waals surface area contributed by atoms with Gasteiger partial charge in [0.15, 0.2) is 12.2 Å². The van der Waals surface area contributed by atoms with Crippen LogP contribution in [0.2, 0.25) is 0 Å². The minimum atomic E-state index is -4.96. The number of rotatable bonds is 76. The summed E-state index contributed by atoms with van der Waals surface area (Å²) in [5.74, 6) is -0.592. The van der Waals surface area contributed by atoms with E-state index in [1.54, 1.807) is 0 Å². The molecule has 570 valence electrons. The highest BCUT2D eigenvalue weighted by Gasteiger charge is 2.30. The van der Waals surface area contributed by atoms with Gasteiger partial charge in [0.1, 0.15) is 19.3 Å². The molecule has 96 heavy (non-hydrogen) atoms. The predicted octanol–water partition coefficient (Wildman–Crippen LogP) is 22.7. The summed E-state index contributed by atoms with van der Waals surface area (Å²) in [5.41, 5.74) is 0. The number of aliphatic hydroxyl groups is 1. The topological polar surface area (TPSA) is 237 Å². The number of carbonyl (C=O) groups excluding carboxylic acids is 4. The quantitative estimate of drug-likeness (QED) is 0.0222. The van der Waals surface area contributed by atoms with E-state index in [2.05, 4.69) is 41.5 Å². The molecule has 0 amide bonds. The Kier molecular flexibility index (Phi) is 67.4. The van der Waals surface area contributed by atoms with Crippen molar-refractivity contribution < 1.29 is 80.2 Å². The fourth-order valence-electron chi connectivity index (χ4n) is 11.8. The summed E-state index contributed by atoms with van der Waals surface area (Å²) >= 11 is 0. The number of carbonyl (C=O) groups is 4. The van der Waals surface area contributed by atoms with E-state index in [4.69, 9.17) is 37.0 Å². The third-order valence-electron chi connectivity index (χ3n) is 18.0. The van der Waals surface area contributed by atoms with Crippen molar-refractivity contribution in [2.45, 2.75) is 419 Å². The average Bonchev–Trinajstić information content (AvgIpc) is 1.45. The van der Waals surface area contributed by atoms with Gasteiger partial charge in [-0.15, -0.1) is 0 Å². The molecule has 0 spiro atoms. The van der Waals surface area contributed by atoms with Crippen LogP contribution in [0.1, 0.15) is 401 Å². The monoisotopic (exact) mass is 1410 g/mol. The van der Waals surface area contributed by atoms with Crippen LogP contribution in [0.5, 0.6) is 0 Å². The van der Waals surface area contributed by atoms with Crippen LogP contribution in [0.15, 0.2) is 0 Å². The zero-order chi connectivity index (χ0) is 70.7. The van der Waals surface area contributed by atoms with Crippen molar-refractivity contribution in [2.75, 3.05) is 39.6 Å². The molecular formula is C77H150O17P2. The van der Waals surface area contributed by atoms with Crippen LogP contribution in [-0.4, -0.2) is 96.7 Å². The van der Waals surface area contributed by atoms with Gasteiger partial charge in [-0.05, 0) is 37.5 Å². The number of phosphoric acid groups is 2. The Morgan fingerprint density at radius 3 is 0.708 bits per heavy atom. The molecule has 0 saturated carbocycles. The summed E-state index contributed by atoms with van der Waals surface area (Å²) in [6, 6.07) is 0. The highest BCUT2D eigenvalue weighted by atomic mass is 31.2. The van der Waals surface area contributed by atoms with Crippen LogP contribution in [0.25, 0.3) is 0 Å². The van der Waals surface area contributed by atoms with Gasteiger partial charge in [0.05, 0.1) is 26.4 Å². The number of hydrogen-bond acceptors (Lipinski definition) is 15. The summed E-state index contributed by atoms with van der Waals surface area (Å²) in [6.07, 6.45) is 57.5. The maximum Gasteiger partial charge on any atom is 0.472 e. The van der Waals surface area contributed by atoms with Crippen molar-refractivity contribution >= 4 is 39.5 Å². The fraction of sp³-hybridized carbons (Fsp3) is 0.948. The van der Waals surface area contributed by atoms with Crippen LogP contribution in [0.4, 0.5) is 0 Å². The molecule has 0 aromatic heterocycles. The second-order valence-electron chi connectivity index (χ2n) is 28.7. The van der Waals surface area contributed by atoms with Gasteiger partial charge in [-0.25, -0.2) is 9.13 Å². The summed E-state index contributed by atoms with van der Waals surface area (Å²) in [6.45, 7) is 9.50. The smallest absolute Gasteiger partial charge is 0.462 e.